The van der Waals surface area contributed by atoms with E-state index in [4.69, 9.17) is 15.2 Å². The molecule has 0 bridgehead atoms. The van der Waals surface area contributed by atoms with Gasteiger partial charge in [0, 0.05) is 31.1 Å². The van der Waals surface area contributed by atoms with Crippen LogP contribution < -0.4 is 5.73 Å². The molecule has 186 valence electrons. The highest BCUT2D eigenvalue weighted by molar-refractivity contribution is 6.00. The number of carbonyl (C=O) groups excluding carboxylic acids is 2. The SMILES string of the molecule is CCOC(=O)O[C@@H]1C[C@H](n2cc(-c3ccc(O)cc3)c3c(N)ncnc32)CN1C(=O)CC(C)(C)C. The van der Waals surface area contributed by atoms with E-state index in [9.17, 15) is 14.7 Å². The molecular formula is C25H31N5O5. The normalized spacial score (nSPS) is 18.1. The minimum absolute atomic E-state index is 0.0985. The van der Waals surface area contributed by atoms with Crippen molar-refractivity contribution in [2.75, 3.05) is 18.9 Å². The second kappa shape index (κ2) is 9.44. The van der Waals surface area contributed by atoms with Crippen molar-refractivity contribution in [2.24, 2.45) is 5.41 Å². The minimum Gasteiger partial charge on any atom is -0.508 e. The Balaban J connectivity index is 1.73. The Hall–Kier alpha value is -3.82. The van der Waals surface area contributed by atoms with Gasteiger partial charge in [-0.3, -0.25) is 4.79 Å². The molecule has 1 aliphatic heterocycles. The summed E-state index contributed by atoms with van der Waals surface area (Å²) in [6.45, 7) is 8.18. The van der Waals surface area contributed by atoms with E-state index in [2.05, 4.69) is 9.97 Å². The monoisotopic (exact) mass is 481 g/mol. The van der Waals surface area contributed by atoms with Crippen LogP contribution in [0.3, 0.4) is 0 Å². The van der Waals surface area contributed by atoms with Crippen molar-refractivity contribution < 1.29 is 24.2 Å². The molecule has 0 spiro atoms. The number of nitrogens with zero attached hydrogens (tertiary/aromatic N) is 4. The van der Waals surface area contributed by atoms with Crippen LogP contribution in [0.15, 0.2) is 36.8 Å². The van der Waals surface area contributed by atoms with Gasteiger partial charge in [0.2, 0.25) is 5.91 Å². The average molecular weight is 482 g/mol. The van der Waals surface area contributed by atoms with Gasteiger partial charge in [-0.2, -0.15) is 0 Å². The van der Waals surface area contributed by atoms with Crippen molar-refractivity contribution >= 4 is 28.9 Å². The summed E-state index contributed by atoms with van der Waals surface area (Å²) in [6, 6.07) is 6.57. The van der Waals surface area contributed by atoms with Crippen LogP contribution in [-0.4, -0.2) is 56.0 Å². The molecule has 3 N–H and O–H groups in total. The zero-order chi connectivity index (χ0) is 25.3. The topological polar surface area (TPSA) is 133 Å². The molecule has 3 heterocycles. The molecule has 4 rings (SSSR count). The smallest absolute Gasteiger partial charge is 0.508 e. The zero-order valence-electron chi connectivity index (χ0n) is 20.4. The van der Waals surface area contributed by atoms with Gasteiger partial charge in [-0.15, -0.1) is 0 Å². The summed E-state index contributed by atoms with van der Waals surface area (Å²) < 4.78 is 12.5. The van der Waals surface area contributed by atoms with Crippen molar-refractivity contribution in [1.29, 1.82) is 0 Å². The number of anilines is 1. The maximum absolute atomic E-state index is 13.2. The van der Waals surface area contributed by atoms with Gasteiger partial charge in [0.25, 0.3) is 0 Å². The highest BCUT2D eigenvalue weighted by Gasteiger charge is 2.40. The van der Waals surface area contributed by atoms with Gasteiger partial charge in [-0.1, -0.05) is 32.9 Å². The van der Waals surface area contributed by atoms with E-state index in [1.54, 1.807) is 36.1 Å². The first kappa shape index (κ1) is 24.3. The number of rotatable bonds is 5. The molecule has 35 heavy (non-hydrogen) atoms. The Kier molecular flexibility index (Phi) is 6.56. The molecular weight excluding hydrogens is 450 g/mol. The number of fused-ring (bicyclic) bond motifs is 1. The van der Waals surface area contributed by atoms with Gasteiger partial charge in [0.1, 0.15) is 23.5 Å². The van der Waals surface area contributed by atoms with Crippen LogP contribution in [0, 0.1) is 5.41 Å². The number of carbonyl (C=O) groups is 2. The third kappa shape index (κ3) is 5.16. The van der Waals surface area contributed by atoms with Gasteiger partial charge < -0.3 is 29.8 Å². The lowest BCUT2D eigenvalue weighted by Gasteiger charge is -2.27. The van der Waals surface area contributed by atoms with E-state index in [-0.39, 0.29) is 29.7 Å². The molecule has 0 radical (unpaired) electrons. The van der Waals surface area contributed by atoms with E-state index in [1.807, 2.05) is 31.5 Å². The number of amides is 1. The summed E-state index contributed by atoms with van der Waals surface area (Å²) in [4.78, 5) is 35.5. The van der Waals surface area contributed by atoms with E-state index in [0.717, 1.165) is 11.1 Å². The fourth-order valence-electron chi connectivity index (χ4n) is 4.42. The van der Waals surface area contributed by atoms with Gasteiger partial charge in [-0.05, 0) is 30.0 Å². The summed E-state index contributed by atoms with van der Waals surface area (Å²) in [5, 5.41) is 10.4. The van der Waals surface area contributed by atoms with Crippen LogP contribution in [0.2, 0.25) is 0 Å². The molecule has 2 aromatic heterocycles. The first-order chi connectivity index (χ1) is 16.6. The first-order valence-electron chi connectivity index (χ1n) is 11.6. The van der Waals surface area contributed by atoms with Crippen LogP contribution in [0.5, 0.6) is 5.75 Å². The number of phenolic OH excluding ortho intramolecular Hbond substituents is 1. The second-order valence-electron chi connectivity index (χ2n) is 9.88. The van der Waals surface area contributed by atoms with E-state index in [1.165, 1.54) is 6.33 Å². The Morgan fingerprint density at radius 2 is 1.91 bits per heavy atom. The highest BCUT2D eigenvalue weighted by atomic mass is 16.7. The molecule has 1 aliphatic rings. The number of aromatic hydroxyl groups is 1. The van der Waals surface area contributed by atoms with Crippen LogP contribution in [0.1, 0.15) is 46.6 Å². The summed E-state index contributed by atoms with van der Waals surface area (Å²) in [5.41, 5.74) is 8.28. The molecule has 0 unspecified atom stereocenters. The molecule has 0 saturated carbocycles. The summed E-state index contributed by atoms with van der Waals surface area (Å²) >= 11 is 0. The molecule has 1 amide bonds. The predicted molar refractivity (Wildman–Crippen MR) is 130 cm³/mol. The molecule has 1 saturated heterocycles. The number of aromatic nitrogens is 3. The summed E-state index contributed by atoms with van der Waals surface area (Å²) in [7, 11) is 0. The minimum atomic E-state index is -0.805. The third-order valence-corrected chi connectivity index (χ3v) is 5.94. The standard InChI is InChI=1S/C25H31N5O5/c1-5-34-24(33)35-20-10-16(12-30(20)19(32)11-25(2,3)4)29-13-18(15-6-8-17(31)9-7-15)21-22(26)27-14-28-23(21)29/h6-9,13-14,16,20,31H,5,10-12H2,1-4H3,(H2,26,27,28)/t16-,20+/m0/s1. The van der Waals surface area contributed by atoms with Gasteiger partial charge in [0.05, 0.1) is 18.0 Å². The average Bonchev–Trinajstić information content (AvgIpc) is 3.36. The second-order valence-corrected chi connectivity index (χ2v) is 9.88. The quantitative estimate of drug-likeness (QED) is 0.521. The number of ether oxygens (including phenoxy) is 2. The lowest BCUT2D eigenvalue weighted by molar-refractivity contribution is -0.141. The lowest BCUT2D eigenvalue weighted by Crippen LogP contribution is -2.40. The molecule has 10 heteroatoms. The Morgan fingerprint density at radius 1 is 1.20 bits per heavy atom. The predicted octanol–water partition coefficient (Wildman–Crippen LogP) is 4.09. The van der Waals surface area contributed by atoms with Crippen molar-refractivity contribution in [3.63, 3.8) is 0 Å². The number of phenols is 1. The van der Waals surface area contributed by atoms with Crippen LogP contribution in [0.25, 0.3) is 22.2 Å². The molecule has 1 fully saturated rings. The maximum atomic E-state index is 13.2. The van der Waals surface area contributed by atoms with Crippen LogP contribution >= 0.6 is 0 Å². The molecule has 2 atom stereocenters. The Bertz CT molecular complexity index is 1230. The molecule has 3 aromatic rings. The fraction of sp³-hybridized carbons (Fsp3) is 0.440. The number of hydrogen-bond donors (Lipinski definition) is 2. The zero-order valence-corrected chi connectivity index (χ0v) is 20.4. The van der Waals surface area contributed by atoms with Crippen molar-refractivity contribution in [3.8, 4) is 16.9 Å². The van der Waals surface area contributed by atoms with E-state index >= 15 is 0 Å². The van der Waals surface area contributed by atoms with E-state index in [0.29, 0.717) is 36.2 Å². The fourth-order valence-corrected chi connectivity index (χ4v) is 4.42. The number of benzene rings is 1. The lowest BCUT2D eigenvalue weighted by atomic mass is 9.91. The Morgan fingerprint density at radius 3 is 2.57 bits per heavy atom. The maximum Gasteiger partial charge on any atom is 0.510 e. The molecule has 1 aromatic carbocycles. The van der Waals surface area contributed by atoms with Gasteiger partial charge in [-0.25, -0.2) is 14.8 Å². The highest BCUT2D eigenvalue weighted by Crippen LogP contribution is 2.38. The van der Waals surface area contributed by atoms with E-state index < -0.39 is 12.4 Å². The number of nitrogens with two attached hydrogens (primary N) is 1. The summed E-state index contributed by atoms with van der Waals surface area (Å²) in [6.07, 6.45) is 2.44. The third-order valence-electron chi connectivity index (χ3n) is 5.94. The van der Waals surface area contributed by atoms with Crippen LogP contribution in [-0.2, 0) is 14.3 Å². The largest absolute Gasteiger partial charge is 0.510 e. The molecule has 0 aliphatic carbocycles. The van der Waals surface area contributed by atoms with Crippen molar-refractivity contribution in [1.82, 2.24) is 19.4 Å². The molecule has 10 nitrogen and oxygen atoms in total. The van der Waals surface area contributed by atoms with Crippen molar-refractivity contribution in [2.45, 2.75) is 52.8 Å². The van der Waals surface area contributed by atoms with Gasteiger partial charge in [0.15, 0.2) is 6.23 Å². The van der Waals surface area contributed by atoms with Crippen LogP contribution in [0.4, 0.5) is 10.6 Å². The number of likely N-dealkylation sites (tertiary alicyclic amines) is 1. The Labute approximate surface area is 203 Å². The van der Waals surface area contributed by atoms with Gasteiger partial charge >= 0.3 is 6.16 Å². The first-order valence-corrected chi connectivity index (χ1v) is 11.6. The number of hydrogen-bond acceptors (Lipinski definition) is 8. The number of nitrogen functional groups attached to an aromatic ring is 1. The summed E-state index contributed by atoms with van der Waals surface area (Å²) in [5.74, 6) is 0.387. The van der Waals surface area contributed by atoms with Crippen molar-refractivity contribution in [3.05, 3.63) is 36.8 Å².